The van der Waals surface area contributed by atoms with E-state index in [2.05, 4.69) is 109 Å². The molecule has 0 aliphatic rings. The van der Waals surface area contributed by atoms with E-state index in [1.165, 1.54) is 33.4 Å². The third kappa shape index (κ3) is 4.74. The molecule has 0 heteroatoms. The van der Waals surface area contributed by atoms with Crippen molar-refractivity contribution in [3.8, 4) is 0 Å². The Bertz CT molecular complexity index is 970. The van der Waals surface area contributed by atoms with Gasteiger partial charge in [-0.05, 0) is 58.7 Å². The summed E-state index contributed by atoms with van der Waals surface area (Å²) in [5, 5.41) is 0. The van der Waals surface area contributed by atoms with E-state index in [-0.39, 0.29) is 0 Å². The fraction of sp³-hybridized carbons (Fsp3) is 0.111. The van der Waals surface area contributed by atoms with E-state index < -0.39 is 0 Å². The predicted molar refractivity (Wildman–Crippen MR) is 113 cm³/mol. The summed E-state index contributed by atoms with van der Waals surface area (Å²) in [5.74, 6) is 0. The van der Waals surface area contributed by atoms with Gasteiger partial charge in [-0.25, -0.2) is 0 Å². The SMILES string of the molecule is [c]1cc(Cc2ccccc2)cc(Cc2ccccc2)c1Cc1ccccc1. The van der Waals surface area contributed by atoms with Crippen molar-refractivity contribution in [2.45, 2.75) is 19.3 Å². The lowest BCUT2D eigenvalue weighted by Gasteiger charge is -2.13. The van der Waals surface area contributed by atoms with E-state index in [1.54, 1.807) is 0 Å². The molecule has 0 bridgehead atoms. The lowest BCUT2D eigenvalue weighted by Crippen LogP contribution is -2.00. The van der Waals surface area contributed by atoms with E-state index in [0.29, 0.717) is 0 Å². The number of hydrogen-bond donors (Lipinski definition) is 0. The summed E-state index contributed by atoms with van der Waals surface area (Å²) in [7, 11) is 0. The largest absolute Gasteiger partial charge is 0.0622 e. The van der Waals surface area contributed by atoms with Crippen LogP contribution in [0.2, 0.25) is 0 Å². The Hall–Kier alpha value is -3.12. The molecule has 1 radical (unpaired) electrons. The summed E-state index contributed by atoms with van der Waals surface area (Å²) in [6.45, 7) is 0. The van der Waals surface area contributed by atoms with Gasteiger partial charge in [-0.15, -0.1) is 0 Å². The standard InChI is InChI=1S/C27H23/c1-4-10-22(11-5-1)18-25-16-17-26(19-23-12-6-2-7-13-23)27(21-25)20-24-14-8-3-9-15-24/h1-16,21H,18-20H2. The minimum atomic E-state index is 0.925. The molecule has 0 spiro atoms. The topological polar surface area (TPSA) is 0 Å². The second-order valence-electron chi connectivity index (χ2n) is 7.00. The molecule has 0 aliphatic heterocycles. The third-order valence-electron chi connectivity index (χ3n) is 4.89. The minimum absolute atomic E-state index is 0.925. The quantitative estimate of drug-likeness (QED) is 0.386. The Morgan fingerprint density at radius 1 is 0.481 bits per heavy atom. The van der Waals surface area contributed by atoms with Gasteiger partial charge in [0, 0.05) is 0 Å². The van der Waals surface area contributed by atoms with Gasteiger partial charge in [-0.1, -0.05) is 103 Å². The molecular weight excluding hydrogens is 324 g/mol. The number of hydrogen-bond acceptors (Lipinski definition) is 0. The van der Waals surface area contributed by atoms with Crippen LogP contribution in [0.15, 0.2) is 103 Å². The maximum absolute atomic E-state index is 3.59. The predicted octanol–water partition coefficient (Wildman–Crippen LogP) is 6.26. The molecule has 0 aromatic heterocycles. The Kier molecular flexibility index (Phi) is 5.45. The van der Waals surface area contributed by atoms with Crippen LogP contribution in [0.5, 0.6) is 0 Å². The summed E-state index contributed by atoms with van der Waals surface area (Å²) < 4.78 is 0. The summed E-state index contributed by atoms with van der Waals surface area (Å²) in [6.07, 6.45) is 2.82. The van der Waals surface area contributed by atoms with E-state index in [0.717, 1.165) is 19.3 Å². The molecule has 131 valence electrons. The maximum Gasteiger partial charge on any atom is -0.00168 e. The van der Waals surface area contributed by atoms with Gasteiger partial charge in [-0.2, -0.15) is 0 Å². The fourth-order valence-corrected chi connectivity index (χ4v) is 3.50. The van der Waals surface area contributed by atoms with Crippen LogP contribution < -0.4 is 0 Å². The smallest absolute Gasteiger partial charge is 0.00168 e. The molecule has 0 atom stereocenters. The van der Waals surface area contributed by atoms with Crippen molar-refractivity contribution in [3.63, 3.8) is 0 Å². The van der Waals surface area contributed by atoms with Gasteiger partial charge in [-0.3, -0.25) is 0 Å². The zero-order valence-corrected chi connectivity index (χ0v) is 15.4. The van der Waals surface area contributed by atoms with Crippen molar-refractivity contribution in [3.05, 3.63) is 143 Å². The Labute approximate surface area is 162 Å². The highest BCUT2D eigenvalue weighted by atomic mass is 14.1. The molecule has 0 amide bonds. The van der Waals surface area contributed by atoms with Gasteiger partial charge in [0.2, 0.25) is 0 Å². The Morgan fingerprint density at radius 3 is 1.52 bits per heavy atom. The van der Waals surface area contributed by atoms with Gasteiger partial charge >= 0.3 is 0 Å². The summed E-state index contributed by atoms with van der Waals surface area (Å²) >= 11 is 0. The van der Waals surface area contributed by atoms with E-state index in [9.17, 15) is 0 Å². The molecule has 4 rings (SSSR count). The monoisotopic (exact) mass is 347 g/mol. The van der Waals surface area contributed by atoms with Crippen LogP contribution in [0, 0.1) is 6.07 Å². The Balaban J connectivity index is 1.65. The van der Waals surface area contributed by atoms with Crippen molar-refractivity contribution in [1.29, 1.82) is 0 Å². The van der Waals surface area contributed by atoms with Crippen LogP contribution in [-0.4, -0.2) is 0 Å². The highest BCUT2D eigenvalue weighted by Gasteiger charge is 2.08. The first-order chi connectivity index (χ1) is 13.4. The van der Waals surface area contributed by atoms with Gasteiger partial charge in [0.1, 0.15) is 0 Å². The first kappa shape index (κ1) is 17.3. The summed E-state index contributed by atoms with van der Waals surface area (Å²) in [6, 6.07) is 40.2. The number of benzene rings is 4. The van der Waals surface area contributed by atoms with E-state index >= 15 is 0 Å². The average Bonchev–Trinajstić information content (AvgIpc) is 2.72. The zero-order chi connectivity index (χ0) is 18.3. The van der Waals surface area contributed by atoms with Crippen molar-refractivity contribution >= 4 is 0 Å². The number of rotatable bonds is 6. The second-order valence-corrected chi connectivity index (χ2v) is 7.00. The third-order valence-corrected chi connectivity index (χ3v) is 4.89. The lowest BCUT2D eigenvalue weighted by molar-refractivity contribution is 1.06. The van der Waals surface area contributed by atoms with Gasteiger partial charge in [0.25, 0.3) is 0 Å². The van der Waals surface area contributed by atoms with Crippen molar-refractivity contribution in [1.82, 2.24) is 0 Å². The first-order valence-corrected chi connectivity index (χ1v) is 9.51. The lowest BCUT2D eigenvalue weighted by atomic mass is 9.92. The molecule has 4 aromatic rings. The van der Waals surface area contributed by atoms with Gasteiger partial charge in [0.05, 0.1) is 0 Å². The highest BCUT2D eigenvalue weighted by Crippen LogP contribution is 2.21. The zero-order valence-electron chi connectivity index (χ0n) is 15.4. The normalized spacial score (nSPS) is 10.7. The first-order valence-electron chi connectivity index (χ1n) is 9.51. The molecule has 4 aromatic carbocycles. The molecule has 0 saturated carbocycles. The molecule has 0 fully saturated rings. The van der Waals surface area contributed by atoms with Crippen LogP contribution in [0.4, 0.5) is 0 Å². The van der Waals surface area contributed by atoms with Crippen LogP contribution in [0.3, 0.4) is 0 Å². The summed E-state index contributed by atoms with van der Waals surface area (Å²) in [4.78, 5) is 0. The summed E-state index contributed by atoms with van der Waals surface area (Å²) in [5.41, 5.74) is 8.01. The molecule has 0 nitrogen and oxygen atoms in total. The molecule has 0 N–H and O–H groups in total. The molecule has 27 heavy (non-hydrogen) atoms. The van der Waals surface area contributed by atoms with Gasteiger partial charge < -0.3 is 0 Å². The van der Waals surface area contributed by atoms with Crippen molar-refractivity contribution in [2.75, 3.05) is 0 Å². The molecular formula is C27H23. The molecule has 0 heterocycles. The maximum atomic E-state index is 3.59. The van der Waals surface area contributed by atoms with Crippen molar-refractivity contribution in [2.24, 2.45) is 0 Å². The van der Waals surface area contributed by atoms with Crippen LogP contribution in [0.25, 0.3) is 0 Å². The Morgan fingerprint density at radius 2 is 0.963 bits per heavy atom. The molecule has 0 unspecified atom stereocenters. The van der Waals surface area contributed by atoms with E-state index in [4.69, 9.17) is 0 Å². The molecule has 0 saturated heterocycles. The van der Waals surface area contributed by atoms with E-state index in [1.807, 2.05) is 0 Å². The average molecular weight is 347 g/mol. The molecule has 0 aliphatic carbocycles. The highest BCUT2D eigenvalue weighted by molar-refractivity contribution is 5.40. The van der Waals surface area contributed by atoms with Gasteiger partial charge in [0.15, 0.2) is 0 Å². The minimum Gasteiger partial charge on any atom is -0.0622 e. The van der Waals surface area contributed by atoms with Crippen LogP contribution in [0.1, 0.15) is 33.4 Å². The fourth-order valence-electron chi connectivity index (χ4n) is 3.50. The van der Waals surface area contributed by atoms with Crippen molar-refractivity contribution < 1.29 is 0 Å². The second kappa shape index (κ2) is 8.51. The van der Waals surface area contributed by atoms with Crippen LogP contribution >= 0.6 is 0 Å². The van der Waals surface area contributed by atoms with Crippen LogP contribution in [-0.2, 0) is 19.3 Å².